The quantitative estimate of drug-likeness (QED) is 0.584. The normalized spacial score (nSPS) is 57.6. The van der Waals surface area contributed by atoms with Crippen molar-refractivity contribution in [2.75, 3.05) is 0 Å². The molecule has 0 radical (unpaired) electrons. The topological polar surface area (TPSA) is 55.4 Å². The summed E-state index contributed by atoms with van der Waals surface area (Å²) in [7, 11) is -4.80. The van der Waals surface area contributed by atoms with E-state index in [2.05, 4.69) is 0 Å². The van der Waals surface area contributed by atoms with Crippen molar-refractivity contribution in [2.45, 2.75) is 0 Å². The van der Waals surface area contributed by atoms with Crippen LogP contribution in [0.1, 0.15) is 0 Å². The van der Waals surface area contributed by atoms with Crippen LogP contribution < -0.4 is 0 Å². The number of hydrogen-bond donors (Lipinski definition) is 0. The molecule has 0 aromatic heterocycles. The van der Waals surface area contributed by atoms with Gasteiger partial charge in [-0.1, -0.05) is 0 Å². The third-order valence-electron chi connectivity index (χ3n) is 0.800. The molecule has 4 rings (SSSR count). The van der Waals surface area contributed by atoms with Gasteiger partial charge < -0.3 is 0 Å². The maximum absolute atomic E-state index is 5.02. The van der Waals surface area contributed by atoms with Crippen molar-refractivity contribution in [3.63, 3.8) is 0 Å². The Kier molecular flexibility index (Phi) is 1.72. The van der Waals surface area contributed by atoms with Gasteiger partial charge in [0.2, 0.25) is 0 Å². The molecule has 0 aromatic rings. The van der Waals surface area contributed by atoms with Gasteiger partial charge in [0, 0.05) is 0 Å². The van der Waals surface area contributed by atoms with Gasteiger partial charge in [-0.3, -0.25) is 0 Å². The van der Waals surface area contributed by atoms with Gasteiger partial charge in [0.25, 0.3) is 0 Å². The first kappa shape index (κ1) is 6.94. The van der Waals surface area contributed by atoms with Gasteiger partial charge in [-0.25, -0.2) is 25.9 Å². The van der Waals surface area contributed by atoms with E-state index >= 15 is 0 Å². The fourth-order valence-electron chi connectivity index (χ4n) is 0.505. The van der Waals surface area contributed by atoms with E-state index in [1.807, 2.05) is 0 Å². The van der Waals surface area contributed by atoms with Crippen LogP contribution in [0.5, 0.6) is 0 Å². The van der Waals surface area contributed by atoms with Gasteiger partial charge in [0.1, 0.15) is 0 Å². The molecule has 0 atom stereocenters. The molecular weight excluding hydrogens is 220 g/mol. The number of hydrogen-bond acceptors (Lipinski definition) is 6. The molecule has 0 spiro atoms. The van der Waals surface area contributed by atoms with Crippen molar-refractivity contribution in [3.8, 4) is 0 Å². The van der Waals surface area contributed by atoms with Gasteiger partial charge in [-0.2, -0.15) is 0 Å². The molecule has 0 saturated carbocycles. The molecule has 10 heteroatoms. The Morgan fingerprint density at radius 2 is 0.600 bits per heavy atom. The molecule has 4 saturated heterocycles. The predicted octanol–water partition coefficient (Wildman–Crippen LogP) is 3.03. The summed E-state index contributed by atoms with van der Waals surface area (Å²) in [6, 6.07) is 0. The van der Waals surface area contributed by atoms with Crippen LogP contribution in [-0.2, 0) is 25.9 Å². The van der Waals surface area contributed by atoms with E-state index in [1.165, 1.54) is 0 Å². The van der Waals surface area contributed by atoms with Crippen molar-refractivity contribution < 1.29 is 25.9 Å². The first-order chi connectivity index (χ1) is 4.90. The average Bonchev–Trinajstić information content (AvgIpc) is 1.82. The Hall–Kier alpha value is 1.48. The summed E-state index contributed by atoms with van der Waals surface area (Å²) in [5.41, 5.74) is 0. The molecular formula is O6P4. The van der Waals surface area contributed by atoms with E-state index in [-0.39, 0.29) is 0 Å². The molecule has 0 N–H and O–H groups in total. The molecule has 56 valence electrons. The summed E-state index contributed by atoms with van der Waals surface area (Å²) in [6.45, 7) is 0. The minimum atomic E-state index is -1.20. The molecule has 4 bridgehead atoms. The molecule has 0 amide bonds. The van der Waals surface area contributed by atoms with E-state index in [4.69, 9.17) is 25.9 Å². The molecule has 0 aliphatic carbocycles. The second-order valence-electron chi connectivity index (χ2n) is 1.38. The highest BCUT2D eigenvalue weighted by Crippen LogP contribution is 2.90. The van der Waals surface area contributed by atoms with E-state index in [0.29, 0.717) is 0 Å². The van der Waals surface area contributed by atoms with Gasteiger partial charge in [-0.05, 0) is 0 Å². The predicted molar refractivity (Wildman–Crippen MR) is 34.2 cm³/mol. The Morgan fingerprint density at radius 1 is 0.400 bits per heavy atom. The van der Waals surface area contributed by atoms with Crippen LogP contribution in [0.15, 0.2) is 0 Å². The largest absolute Gasteiger partial charge is 0.354 e. The van der Waals surface area contributed by atoms with Crippen LogP contribution in [0.4, 0.5) is 0 Å². The molecule has 0 unspecified atom stereocenters. The molecule has 4 fully saturated rings. The Morgan fingerprint density at radius 3 is 0.800 bits per heavy atom. The zero-order chi connectivity index (χ0) is 6.55. The van der Waals surface area contributed by atoms with Crippen LogP contribution >= 0.6 is 34.4 Å². The first-order valence-electron chi connectivity index (χ1n) is 2.19. The summed E-state index contributed by atoms with van der Waals surface area (Å²) in [5, 5.41) is 0. The second kappa shape index (κ2) is 2.48. The maximum atomic E-state index is 5.02. The minimum absolute atomic E-state index is 1.20. The van der Waals surface area contributed by atoms with Crippen LogP contribution in [-0.4, -0.2) is 0 Å². The fraction of sp³-hybridized carbons (Fsp3) is 0. The third-order valence-corrected chi connectivity index (χ3v) is 7.20. The molecule has 4 heterocycles. The van der Waals surface area contributed by atoms with Gasteiger partial charge in [0.05, 0.1) is 0 Å². The standard InChI is InChI=1S/O6P4/c1-7-2-9-4-8(1)5-10(3-7)6-9. The van der Waals surface area contributed by atoms with Gasteiger partial charge in [-0.15, -0.1) is 0 Å². The average molecular weight is 220 g/mol. The van der Waals surface area contributed by atoms with E-state index in [9.17, 15) is 0 Å². The zero-order valence-corrected chi connectivity index (χ0v) is 7.82. The zero-order valence-electron chi connectivity index (χ0n) is 4.24. The first-order valence-corrected chi connectivity index (χ1v) is 6.57. The van der Waals surface area contributed by atoms with Crippen molar-refractivity contribution in [1.29, 1.82) is 0 Å². The fourth-order valence-corrected chi connectivity index (χ4v) is 7.77. The molecule has 4 aliphatic heterocycles. The highest BCUT2D eigenvalue weighted by molar-refractivity contribution is 7.82. The lowest BCUT2D eigenvalue weighted by Gasteiger charge is -2.41. The van der Waals surface area contributed by atoms with Crippen molar-refractivity contribution in [2.24, 2.45) is 0 Å². The lowest BCUT2D eigenvalue weighted by Crippen LogP contribution is -2.10. The lowest BCUT2D eigenvalue weighted by molar-refractivity contribution is 0.196. The Balaban J connectivity index is 1.90. The van der Waals surface area contributed by atoms with E-state index < -0.39 is 34.4 Å². The summed E-state index contributed by atoms with van der Waals surface area (Å²) < 4.78 is 30.1. The highest BCUT2D eigenvalue weighted by Gasteiger charge is 2.53. The molecule has 6 nitrogen and oxygen atoms in total. The van der Waals surface area contributed by atoms with E-state index in [0.717, 1.165) is 0 Å². The summed E-state index contributed by atoms with van der Waals surface area (Å²) in [6.07, 6.45) is 0. The van der Waals surface area contributed by atoms with Crippen LogP contribution in [0.3, 0.4) is 0 Å². The molecule has 4 aliphatic rings. The van der Waals surface area contributed by atoms with Crippen LogP contribution in [0.2, 0.25) is 0 Å². The summed E-state index contributed by atoms with van der Waals surface area (Å²) >= 11 is 0. The monoisotopic (exact) mass is 220 g/mol. The van der Waals surface area contributed by atoms with E-state index in [1.54, 1.807) is 0 Å². The van der Waals surface area contributed by atoms with Gasteiger partial charge in [0.15, 0.2) is 0 Å². The maximum Gasteiger partial charge on any atom is 0.354 e. The Bertz CT molecular complexity index is 101. The molecule has 10 heavy (non-hydrogen) atoms. The third kappa shape index (κ3) is 1.05. The smallest absolute Gasteiger partial charge is 0.236 e. The summed E-state index contributed by atoms with van der Waals surface area (Å²) in [5.74, 6) is 0. The summed E-state index contributed by atoms with van der Waals surface area (Å²) in [4.78, 5) is 0. The molecule has 0 aromatic carbocycles. The SMILES string of the molecule is O1P2OP3OP1OP(O2)O3. The highest BCUT2D eigenvalue weighted by atomic mass is 31.4. The minimum Gasteiger partial charge on any atom is -0.236 e. The van der Waals surface area contributed by atoms with Gasteiger partial charge >= 0.3 is 34.4 Å². The lowest BCUT2D eigenvalue weighted by atomic mass is 15.6. The van der Waals surface area contributed by atoms with Crippen LogP contribution in [0.25, 0.3) is 0 Å². The Labute approximate surface area is 61.1 Å². The van der Waals surface area contributed by atoms with Crippen molar-refractivity contribution in [1.82, 2.24) is 0 Å². The number of rotatable bonds is 0. The van der Waals surface area contributed by atoms with Crippen molar-refractivity contribution >= 4 is 34.4 Å². The van der Waals surface area contributed by atoms with Crippen molar-refractivity contribution in [3.05, 3.63) is 0 Å². The second-order valence-corrected chi connectivity index (χ2v) is 7.09. The van der Waals surface area contributed by atoms with Crippen LogP contribution in [0, 0.1) is 0 Å².